The number of nitrogens with zero attached hydrogens (tertiary/aromatic N) is 1. The van der Waals surface area contributed by atoms with Gasteiger partial charge in [-0.05, 0) is 6.07 Å². The van der Waals surface area contributed by atoms with E-state index in [0.29, 0.717) is 18.9 Å². The van der Waals surface area contributed by atoms with Gasteiger partial charge in [0.2, 0.25) is 0 Å². The minimum Gasteiger partial charge on any atom is -0.398 e. The molecule has 1 aromatic rings. The first kappa shape index (κ1) is 13.2. The van der Waals surface area contributed by atoms with Crippen molar-refractivity contribution in [1.29, 1.82) is 0 Å². The topological polar surface area (TPSA) is 95.4 Å². The number of anilines is 1. The molecule has 2 rings (SSSR count). The van der Waals surface area contributed by atoms with Crippen molar-refractivity contribution in [3.05, 3.63) is 24.0 Å². The van der Waals surface area contributed by atoms with Gasteiger partial charge >= 0.3 is 0 Å². The Morgan fingerprint density at radius 2 is 2.22 bits per heavy atom. The first-order chi connectivity index (χ1) is 8.73. The normalized spacial score (nSPS) is 20.6. The van der Waals surface area contributed by atoms with E-state index in [0.717, 1.165) is 18.4 Å². The van der Waals surface area contributed by atoms with Crippen molar-refractivity contribution >= 4 is 5.69 Å². The fourth-order valence-electron chi connectivity index (χ4n) is 2.51. The van der Waals surface area contributed by atoms with Gasteiger partial charge in [-0.2, -0.15) is 0 Å². The van der Waals surface area contributed by atoms with Crippen molar-refractivity contribution in [2.45, 2.75) is 24.5 Å². The van der Waals surface area contributed by atoms with Crippen LogP contribution in [0.3, 0.4) is 0 Å². The molecule has 0 spiro atoms. The van der Waals surface area contributed by atoms with E-state index in [4.69, 9.17) is 21.1 Å². The minimum absolute atomic E-state index is 0.194. The number of nitrogen functional groups attached to an aromatic ring is 1. The second-order valence-corrected chi connectivity index (χ2v) is 4.49. The lowest BCUT2D eigenvalue weighted by Crippen LogP contribution is -2.51. The van der Waals surface area contributed by atoms with Crippen LogP contribution in [0.5, 0.6) is 0 Å². The quantitative estimate of drug-likeness (QED) is 0.529. The number of nitrogens with one attached hydrogen (secondary N) is 1. The zero-order valence-electron chi connectivity index (χ0n) is 10.6. The molecule has 1 fully saturated rings. The molecule has 1 aliphatic rings. The number of rotatable bonds is 4. The highest BCUT2D eigenvalue weighted by molar-refractivity contribution is 5.47. The van der Waals surface area contributed by atoms with Gasteiger partial charge in [0.15, 0.2) is 0 Å². The van der Waals surface area contributed by atoms with E-state index >= 15 is 0 Å². The molecule has 18 heavy (non-hydrogen) atoms. The van der Waals surface area contributed by atoms with Gasteiger partial charge in [-0.3, -0.25) is 10.8 Å². The maximum atomic E-state index is 5.99. The fourth-order valence-corrected chi connectivity index (χ4v) is 2.51. The summed E-state index contributed by atoms with van der Waals surface area (Å²) < 4.78 is 11.1. The summed E-state index contributed by atoms with van der Waals surface area (Å²) in [4.78, 5) is 4.11. The lowest BCUT2D eigenvalue weighted by molar-refractivity contribution is -0.111. The van der Waals surface area contributed by atoms with Gasteiger partial charge in [0.1, 0.15) is 0 Å². The summed E-state index contributed by atoms with van der Waals surface area (Å²) in [5.74, 6) is 5.71. The van der Waals surface area contributed by atoms with Gasteiger partial charge in [-0.25, -0.2) is 5.43 Å². The zero-order chi connectivity index (χ0) is 13.0. The molecule has 0 aromatic carbocycles. The summed E-state index contributed by atoms with van der Waals surface area (Å²) in [5, 5.41) is 0. The van der Waals surface area contributed by atoms with Crippen LogP contribution in [0.4, 0.5) is 5.69 Å². The van der Waals surface area contributed by atoms with Crippen molar-refractivity contribution < 1.29 is 9.47 Å². The van der Waals surface area contributed by atoms with Crippen molar-refractivity contribution in [2.75, 3.05) is 26.1 Å². The minimum atomic E-state index is -0.399. The van der Waals surface area contributed by atoms with Crippen LogP contribution in [0, 0.1) is 0 Å². The molecule has 2 heterocycles. The highest BCUT2D eigenvalue weighted by Gasteiger charge is 2.41. The standard InChI is InChI=1S/C12H20N4O2/c1-17-12(3-6-18-7-4-12)11(16-14)9-8-15-5-2-10(9)13/h2,5,8,11,16H,3-4,6-7,14H2,1H3,(H2,13,15). The van der Waals surface area contributed by atoms with Gasteiger partial charge in [-0.1, -0.05) is 0 Å². The number of hydrogen-bond acceptors (Lipinski definition) is 6. The van der Waals surface area contributed by atoms with Gasteiger partial charge in [0.05, 0.1) is 11.6 Å². The number of methoxy groups -OCH3 is 1. The maximum absolute atomic E-state index is 5.99. The third kappa shape index (κ3) is 2.32. The van der Waals surface area contributed by atoms with Crippen LogP contribution >= 0.6 is 0 Å². The van der Waals surface area contributed by atoms with Crippen molar-refractivity contribution in [3.8, 4) is 0 Å². The van der Waals surface area contributed by atoms with Crippen LogP contribution in [0.15, 0.2) is 18.5 Å². The smallest absolute Gasteiger partial charge is 0.0930 e. The van der Waals surface area contributed by atoms with E-state index in [1.807, 2.05) is 0 Å². The predicted molar refractivity (Wildman–Crippen MR) is 68.5 cm³/mol. The van der Waals surface area contributed by atoms with Gasteiger partial charge in [0, 0.05) is 56.8 Å². The van der Waals surface area contributed by atoms with Crippen molar-refractivity contribution in [3.63, 3.8) is 0 Å². The zero-order valence-corrected chi connectivity index (χ0v) is 10.6. The molecule has 5 N–H and O–H groups in total. The van der Waals surface area contributed by atoms with Crippen LogP contribution in [0.1, 0.15) is 24.4 Å². The maximum Gasteiger partial charge on any atom is 0.0930 e. The highest BCUT2D eigenvalue weighted by Crippen LogP contribution is 2.38. The molecule has 1 unspecified atom stereocenters. The average molecular weight is 252 g/mol. The summed E-state index contributed by atoms with van der Waals surface area (Å²) in [6, 6.07) is 1.57. The van der Waals surface area contributed by atoms with Crippen molar-refractivity contribution in [1.82, 2.24) is 10.4 Å². The summed E-state index contributed by atoms with van der Waals surface area (Å²) >= 11 is 0. The molecule has 0 aliphatic carbocycles. The number of aromatic nitrogens is 1. The molecule has 0 bridgehead atoms. The van der Waals surface area contributed by atoms with Crippen molar-refractivity contribution in [2.24, 2.45) is 5.84 Å². The van der Waals surface area contributed by atoms with Crippen LogP contribution in [0.25, 0.3) is 0 Å². The Hall–Kier alpha value is -1.21. The lowest BCUT2D eigenvalue weighted by Gasteiger charge is -2.42. The first-order valence-electron chi connectivity index (χ1n) is 6.02. The highest BCUT2D eigenvalue weighted by atomic mass is 16.5. The molecule has 6 nitrogen and oxygen atoms in total. The number of pyridine rings is 1. The van der Waals surface area contributed by atoms with E-state index in [-0.39, 0.29) is 6.04 Å². The summed E-state index contributed by atoms with van der Waals surface area (Å²) in [5.41, 5.74) is 9.94. The molecular formula is C12H20N4O2. The predicted octanol–water partition coefficient (Wildman–Crippen LogP) is 0.364. The summed E-state index contributed by atoms with van der Waals surface area (Å²) in [7, 11) is 1.70. The molecule has 6 heteroatoms. The van der Waals surface area contributed by atoms with Crippen LogP contribution in [0.2, 0.25) is 0 Å². The second kappa shape index (κ2) is 5.62. The van der Waals surface area contributed by atoms with E-state index in [1.165, 1.54) is 0 Å². The van der Waals surface area contributed by atoms with E-state index < -0.39 is 5.60 Å². The first-order valence-corrected chi connectivity index (χ1v) is 6.02. The Morgan fingerprint density at radius 1 is 1.50 bits per heavy atom. The Bertz CT molecular complexity index is 393. The average Bonchev–Trinajstić information content (AvgIpc) is 2.43. The third-order valence-electron chi connectivity index (χ3n) is 3.64. The molecule has 0 amide bonds. The van der Waals surface area contributed by atoms with Gasteiger partial charge in [0.25, 0.3) is 0 Å². The Kier molecular flexibility index (Phi) is 4.13. The Labute approximate surface area is 107 Å². The SMILES string of the molecule is COC1(C(NN)c2cnccc2N)CCOCC1. The van der Waals surface area contributed by atoms with Crippen LogP contribution in [-0.4, -0.2) is 30.9 Å². The lowest BCUT2D eigenvalue weighted by atomic mass is 9.82. The monoisotopic (exact) mass is 252 g/mol. The third-order valence-corrected chi connectivity index (χ3v) is 3.64. The molecule has 100 valence electrons. The summed E-state index contributed by atoms with van der Waals surface area (Å²) in [6.45, 7) is 1.32. The van der Waals surface area contributed by atoms with E-state index in [2.05, 4.69) is 10.4 Å². The number of hydrazine groups is 1. The van der Waals surface area contributed by atoms with Gasteiger partial charge < -0.3 is 15.2 Å². The molecule has 1 aliphatic heterocycles. The fraction of sp³-hybridized carbons (Fsp3) is 0.583. The Morgan fingerprint density at radius 3 is 2.78 bits per heavy atom. The molecule has 1 saturated heterocycles. The van der Waals surface area contributed by atoms with E-state index in [9.17, 15) is 0 Å². The summed E-state index contributed by atoms with van der Waals surface area (Å²) in [6.07, 6.45) is 4.94. The Balaban J connectivity index is 2.34. The van der Waals surface area contributed by atoms with Gasteiger partial charge in [-0.15, -0.1) is 0 Å². The molecular weight excluding hydrogens is 232 g/mol. The van der Waals surface area contributed by atoms with Crippen LogP contribution < -0.4 is 17.0 Å². The number of hydrogen-bond donors (Lipinski definition) is 3. The molecule has 1 atom stereocenters. The largest absolute Gasteiger partial charge is 0.398 e. The van der Waals surface area contributed by atoms with Crippen LogP contribution in [-0.2, 0) is 9.47 Å². The molecule has 1 aromatic heterocycles. The number of nitrogens with two attached hydrogens (primary N) is 2. The van der Waals surface area contributed by atoms with E-state index in [1.54, 1.807) is 25.6 Å². The molecule has 0 saturated carbocycles. The molecule has 0 radical (unpaired) electrons. The second-order valence-electron chi connectivity index (χ2n) is 4.49. The number of ether oxygens (including phenoxy) is 2.